The molecule has 0 spiro atoms. The molecule has 2 aromatic rings. The maximum absolute atomic E-state index is 13.3. The van der Waals surface area contributed by atoms with Crippen LogP contribution in [0.5, 0.6) is 0 Å². The number of likely N-dealkylation sites (tertiary alicyclic amines) is 1. The number of benzene rings is 2. The molecule has 0 radical (unpaired) electrons. The van der Waals surface area contributed by atoms with Gasteiger partial charge in [-0.2, -0.15) is 0 Å². The van der Waals surface area contributed by atoms with Gasteiger partial charge < -0.3 is 5.32 Å². The van der Waals surface area contributed by atoms with Crippen LogP contribution in [0.15, 0.2) is 53.4 Å². The maximum atomic E-state index is 13.3. The van der Waals surface area contributed by atoms with E-state index < -0.39 is 11.6 Å². The Bertz CT molecular complexity index is 757. The van der Waals surface area contributed by atoms with Crippen molar-refractivity contribution >= 4 is 17.7 Å². The zero-order chi connectivity index (χ0) is 18.5. The van der Waals surface area contributed by atoms with Crippen molar-refractivity contribution in [3.05, 3.63) is 65.7 Å². The fourth-order valence-corrected chi connectivity index (χ4v) is 3.96. The van der Waals surface area contributed by atoms with Gasteiger partial charge in [-0.15, -0.1) is 11.8 Å². The molecule has 2 atom stereocenters. The van der Waals surface area contributed by atoms with Crippen LogP contribution in [0.25, 0.3) is 0 Å². The third-order valence-electron chi connectivity index (χ3n) is 4.44. The summed E-state index contributed by atoms with van der Waals surface area (Å²) in [6.07, 6.45) is 0.918. The monoisotopic (exact) mass is 376 g/mol. The van der Waals surface area contributed by atoms with Crippen LogP contribution in [0, 0.1) is 11.6 Å². The van der Waals surface area contributed by atoms with Gasteiger partial charge in [0.1, 0.15) is 0 Å². The molecule has 3 nitrogen and oxygen atoms in total. The molecule has 2 unspecified atom stereocenters. The fraction of sp³-hybridized carbons (Fsp3) is 0.350. The Kier molecular flexibility index (Phi) is 6.27. The van der Waals surface area contributed by atoms with Gasteiger partial charge in [0.15, 0.2) is 11.6 Å². The molecule has 1 heterocycles. The first-order chi connectivity index (χ1) is 12.5. The molecule has 138 valence electrons. The third kappa shape index (κ3) is 5.05. The van der Waals surface area contributed by atoms with Gasteiger partial charge in [-0.05, 0) is 37.1 Å². The van der Waals surface area contributed by atoms with E-state index in [1.807, 2.05) is 18.2 Å². The fourth-order valence-electron chi connectivity index (χ4n) is 3.06. The molecular weight excluding hydrogens is 354 g/mol. The second-order valence-electron chi connectivity index (χ2n) is 6.55. The van der Waals surface area contributed by atoms with E-state index in [9.17, 15) is 13.6 Å². The van der Waals surface area contributed by atoms with Gasteiger partial charge >= 0.3 is 0 Å². The summed E-state index contributed by atoms with van der Waals surface area (Å²) in [5.41, 5.74) is 1.27. The van der Waals surface area contributed by atoms with Crippen molar-refractivity contribution in [1.29, 1.82) is 0 Å². The summed E-state index contributed by atoms with van der Waals surface area (Å²) in [5.74, 6) is -1.85. The zero-order valence-corrected chi connectivity index (χ0v) is 15.4. The molecule has 6 heteroatoms. The lowest BCUT2D eigenvalue weighted by molar-refractivity contribution is -0.120. The number of carbonyl (C=O) groups is 1. The van der Waals surface area contributed by atoms with Gasteiger partial charge in [-0.25, -0.2) is 8.78 Å². The van der Waals surface area contributed by atoms with Gasteiger partial charge in [0.2, 0.25) is 5.91 Å². The maximum Gasteiger partial charge on any atom is 0.233 e. The predicted octanol–water partition coefficient (Wildman–Crippen LogP) is 3.84. The number of halogens is 2. The van der Waals surface area contributed by atoms with Crippen LogP contribution in [0.4, 0.5) is 8.78 Å². The molecular formula is C20H22F2N2OS. The highest BCUT2D eigenvalue weighted by atomic mass is 32.2. The number of rotatable bonds is 6. The first-order valence-corrected chi connectivity index (χ1v) is 9.57. The predicted molar refractivity (Wildman–Crippen MR) is 99.9 cm³/mol. The molecule has 3 rings (SSSR count). The van der Waals surface area contributed by atoms with E-state index in [-0.39, 0.29) is 17.2 Å². The number of nitrogens with zero attached hydrogens (tertiary/aromatic N) is 1. The SMILES string of the molecule is CC(Sc1ccc(F)c(F)c1)C(=O)NC1CCN(Cc2ccccc2)C1. The lowest BCUT2D eigenvalue weighted by Crippen LogP contribution is -2.40. The van der Waals surface area contributed by atoms with Gasteiger partial charge in [0.25, 0.3) is 0 Å². The first-order valence-electron chi connectivity index (χ1n) is 8.69. The minimum atomic E-state index is -0.894. The largest absolute Gasteiger partial charge is 0.351 e. The Morgan fingerprint density at radius 3 is 2.73 bits per heavy atom. The van der Waals surface area contributed by atoms with Crippen LogP contribution in [-0.4, -0.2) is 35.2 Å². The highest BCUT2D eigenvalue weighted by molar-refractivity contribution is 8.00. The van der Waals surface area contributed by atoms with Gasteiger partial charge in [-0.1, -0.05) is 30.3 Å². The Labute approximate surface area is 156 Å². The highest BCUT2D eigenvalue weighted by Gasteiger charge is 2.26. The average Bonchev–Trinajstić information content (AvgIpc) is 3.06. The number of thioether (sulfide) groups is 1. The third-order valence-corrected chi connectivity index (χ3v) is 5.53. The number of nitrogens with one attached hydrogen (secondary N) is 1. The average molecular weight is 376 g/mol. The van der Waals surface area contributed by atoms with Crippen molar-refractivity contribution in [3.63, 3.8) is 0 Å². The number of carbonyl (C=O) groups excluding carboxylic acids is 1. The van der Waals surface area contributed by atoms with Gasteiger partial charge in [0, 0.05) is 30.6 Å². The summed E-state index contributed by atoms with van der Waals surface area (Å²) < 4.78 is 26.3. The summed E-state index contributed by atoms with van der Waals surface area (Å²) in [7, 11) is 0. The van der Waals surface area contributed by atoms with Crippen LogP contribution < -0.4 is 5.32 Å². The van der Waals surface area contributed by atoms with E-state index in [0.29, 0.717) is 4.90 Å². The molecule has 0 aromatic heterocycles. The second kappa shape index (κ2) is 8.64. The molecule has 1 fully saturated rings. The number of amides is 1. The van der Waals surface area contributed by atoms with Crippen molar-refractivity contribution in [2.75, 3.05) is 13.1 Å². The van der Waals surface area contributed by atoms with Crippen molar-refractivity contribution in [2.45, 2.75) is 36.1 Å². The quantitative estimate of drug-likeness (QED) is 0.778. The molecule has 0 saturated carbocycles. The van der Waals surface area contributed by atoms with Crippen LogP contribution in [-0.2, 0) is 11.3 Å². The van der Waals surface area contributed by atoms with Crippen LogP contribution in [0.2, 0.25) is 0 Å². The van der Waals surface area contributed by atoms with E-state index in [1.54, 1.807) is 6.92 Å². The van der Waals surface area contributed by atoms with Crippen LogP contribution in [0.1, 0.15) is 18.9 Å². The van der Waals surface area contributed by atoms with E-state index >= 15 is 0 Å². The minimum absolute atomic E-state index is 0.0775. The molecule has 0 bridgehead atoms. The number of hydrogen-bond donors (Lipinski definition) is 1. The molecule has 1 N–H and O–H groups in total. The van der Waals surface area contributed by atoms with E-state index in [2.05, 4.69) is 22.3 Å². The topological polar surface area (TPSA) is 32.3 Å². The molecule has 0 aliphatic carbocycles. The Morgan fingerprint density at radius 2 is 2.00 bits per heavy atom. The second-order valence-corrected chi connectivity index (χ2v) is 7.97. The smallest absolute Gasteiger partial charge is 0.233 e. The standard InChI is InChI=1S/C20H22F2N2OS/c1-14(26-17-7-8-18(21)19(22)11-17)20(25)23-16-9-10-24(13-16)12-15-5-3-2-4-6-15/h2-8,11,14,16H,9-10,12-13H2,1H3,(H,23,25). The molecule has 26 heavy (non-hydrogen) atoms. The Morgan fingerprint density at radius 1 is 1.23 bits per heavy atom. The zero-order valence-electron chi connectivity index (χ0n) is 14.6. The Hall–Kier alpha value is -1.92. The molecule has 1 aliphatic heterocycles. The van der Waals surface area contributed by atoms with E-state index in [4.69, 9.17) is 0 Å². The van der Waals surface area contributed by atoms with Gasteiger partial charge in [-0.3, -0.25) is 9.69 Å². The van der Waals surface area contributed by atoms with Gasteiger partial charge in [0.05, 0.1) is 5.25 Å². The normalized spacial score (nSPS) is 18.7. The van der Waals surface area contributed by atoms with Crippen molar-refractivity contribution in [3.8, 4) is 0 Å². The number of hydrogen-bond acceptors (Lipinski definition) is 3. The van der Waals surface area contributed by atoms with Crippen molar-refractivity contribution in [2.24, 2.45) is 0 Å². The molecule has 1 aliphatic rings. The summed E-state index contributed by atoms with van der Waals surface area (Å²) in [6.45, 7) is 4.43. The molecule has 1 amide bonds. The van der Waals surface area contributed by atoms with Crippen LogP contribution in [0.3, 0.4) is 0 Å². The van der Waals surface area contributed by atoms with Crippen molar-refractivity contribution < 1.29 is 13.6 Å². The lowest BCUT2D eigenvalue weighted by atomic mass is 10.2. The molecule has 2 aromatic carbocycles. The summed E-state index contributed by atoms with van der Waals surface area (Å²) in [5, 5.41) is 2.70. The van der Waals surface area contributed by atoms with Crippen LogP contribution >= 0.6 is 11.8 Å². The minimum Gasteiger partial charge on any atom is -0.351 e. The van der Waals surface area contributed by atoms with Crippen molar-refractivity contribution in [1.82, 2.24) is 10.2 Å². The summed E-state index contributed by atoms with van der Waals surface area (Å²) >= 11 is 1.23. The lowest BCUT2D eigenvalue weighted by Gasteiger charge is -2.18. The highest BCUT2D eigenvalue weighted by Crippen LogP contribution is 2.25. The van der Waals surface area contributed by atoms with E-state index in [1.165, 1.54) is 23.4 Å². The summed E-state index contributed by atoms with van der Waals surface area (Å²) in [4.78, 5) is 15.3. The Balaban J connectivity index is 1.47. The first kappa shape index (κ1) is 18.9. The summed E-state index contributed by atoms with van der Waals surface area (Å²) in [6, 6.07) is 14.1. The molecule has 1 saturated heterocycles. The van der Waals surface area contributed by atoms with E-state index in [0.717, 1.165) is 38.2 Å².